The van der Waals surface area contributed by atoms with Crippen molar-refractivity contribution in [2.75, 3.05) is 20.3 Å². The van der Waals surface area contributed by atoms with E-state index < -0.39 is 21.8 Å². The topological polar surface area (TPSA) is 119 Å². The Morgan fingerprint density at radius 3 is 1.81 bits per heavy atom. The number of carboxylic acids is 1. The van der Waals surface area contributed by atoms with Crippen LogP contribution in [0.3, 0.4) is 0 Å². The molecule has 0 bridgehead atoms. The number of ether oxygens (including phenoxy) is 2. The number of ketones is 1. The first kappa shape index (κ1) is 19.4. The van der Waals surface area contributed by atoms with Gasteiger partial charge in [-0.2, -0.15) is 0 Å². The Morgan fingerprint density at radius 1 is 0.923 bits per heavy atom. The van der Waals surface area contributed by atoms with Gasteiger partial charge in [-0.25, -0.2) is 17.9 Å². The zero-order valence-corrected chi connectivity index (χ0v) is 14.7. The molecule has 8 nitrogen and oxygen atoms in total. The summed E-state index contributed by atoms with van der Waals surface area (Å²) in [5.41, 5.74) is 0.0673. The van der Waals surface area contributed by atoms with Crippen LogP contribution in [0, 0.1) is 0 Å². The summed E-state index contributed by atoms with van der Waals surface area (Å²) >= 11 is 0. The predicted octanol–water partition coefficient (Wildman–Crippen LogP) is 1.32. The van der Waals surface area contributed by atoms with Crippen molar-refractivity contribution in [3.63, 3.8) is 0 Å². The SMILES string of the molecule is CNS(=O)(=O)c1ccc(OCCOc2ccc(C(=O)C(=O)O)cc2)cc1. The molecule has 0 fully saturated rings. The van der Waals surface area contributed by atoms with E-state index in [0.717, 1.165) is 0 Å². The van der Waals surface area contributed by atoms with Gasteiger partial charge in [0.05, 0.1) is 4.90 Å². The minimum absolute atomic E-state index is 0.0673. The maximum Gasteiger partial charge on any atom is 0.377 e. The molecule has 2 aromatic carbocycles. The van der Waals surface area contributed by atoms with E-state index in [1.807, 2.05) is 0 Å². The van der Waals surface area contributed by atoms with E-state index in [1.54, 1.807) is 0 Å². The molecule has 26 heavy (non-hydrogen) atoms. The first-order valence-electron chi connectivity index (χ1n) is 7.50. The van der Waals surface area contributed by atoms with Crippen molar-refractivity contribution >= 4 is 21.8 Å². The lowest BCUT2D eigenvalue weighted by atomic mass is 10.1. The molecule has 2 N–H and O–H groups in total. The molecule has 0 aliphatic rings. The van der Waals surface area contributed by atoms with Crippen LogP contribution >= 0.6 is 0 Å². The van der Waals surface area contributed by atoms with E-state index in [4.69, 9.17) is 14.6 Å². The van der Waals surface area contributed by atoms with Gasteiger partial charge in [-0.1, -0.05) is 0 Å². The summed E-state index contributed by atoms with van der Waals surface area (Å²) in [5, 5.41) is 8.63. The molecular formula is C17H17NO7S. The highest BCUT2D eigenvalue weighted by Gasteiger charge is 2.14. The predicted molar refractivity (Wildman–Crippen MR) is 92.1 cm³/mol. The number of carboxylic acid groups (broad SMARTS) is 1. The van der Waals surface area contributed by atoms with E-state index >= 15 is 0 Å². The fourth-order valence-electron chi connectivity index (χ4n) is 1.98. The molecule has 0 heterocycles. The third-order valence-electron chi connectivity index (χ3n) is 3.33. The van der Waals surface area contributed by atoms with Crippen molar-refractivity contribution < 1.29 is 32.6 Å². The van der Waals surface area contributed by atoms with Crippen molar-refractivity contribution in [2.45, 2.75) is 4.90 Å². The van der Waals surface area contributed by atoms with Crippen molar-refractivity contribution in [1.29, 1.82) is 0 Å². The largest absolute Gasteiger partial charge is 0.490 e. The second kappa shape index (κ2) is 8.45. The molecule has 0 saturated carbocycles. The van der Waals surface area contributed by atoms with E-state index in [2.05, 4.69) is 4.72 Å². The number of rotatable bonds is 9. The van der Waals surface area contributed by atoms with Crippen molar-refractivity contribution in [1.82, 2.24) is 4.72 Å². The Labute approximate surface area is 150 Å². The molecule has 2 aromatic rings. The van der Waals surface area contributed by atoms with Crippen LogP contribution in [0.1, 0.15) is 10.4 Å². The van der Waals surface area contributed by atoms with Gasteiger partial charge in [0.1, 0.15) is 24.7 Å². The fourth-order valence-corrected chi connectivity index (χ4v) is 2.71. The number of sulfonamides is 1. The number of hydrogen-bond acceptors (Lipinski definition) is 6. The Kier molecular flexibility index (Phi) is 6.31. The smallest absolute Gasteiger partial charge is 0.377 e. The number of aliphatic carboxylic acids is 1. The summed E-state index contributed by atoms with van der Waals surface area (Å²) in [4.78, 5) is 22.0. The van der Waals surface area contributed by atoms with Gasteiger partial charge in [0.25, 0.3) is 5.78 Å². The fraction of sp³-hybridized carbons (Fsp3) is 0.176. The highest BCUT2D eigenvalue weighted by molar-refractivity contribution is 7.89. The summed E-state index contributed by atoms with van der Waals surface area (Å²) in [7, 11) is -2.15. The van der Waals surface area contributed by atoms with Gasteiger partial charge in [0.2, 0.25) is 10.0 Å². The van der Waals surface area contributed by atoms with Gasteiger partial charge in [-0.15, -0.1) is 0 Å². The number of nitrogens with one attached hydrogen (secondary N) is 1. The number of benzene rings is 2. The molecule has 2 rings (SSSR count). The van der Waals surface area contributed by atoms with E-state index in [-0.39, 0.29) is 23.7 Å². The Bertz CT molecular complexity index is 874. The molecule has 0 radical (unpaired) electrons. The molecule has 0 spiro atoms. The van der Waals surface area contributed by atoms with Crippen molar-refractivity contribution in [3.05, 3.63) is 54.1 Å². The van der Waals surface area contributed by atoms with Gasteiger partial charge in [-0.05, 0) is 55.6 Å². The van der Waals surface area contributed by atoms with E-state index in [1.165, 1.54) is 55.6 Å². The first-order valence-corrected chi connectivity index (χ1v) is 8.98. The van der Waals surface area contributed by atoms with Gasteiger partial charge < -0.3 is 14.6 Å². The molecule has 0 saturated heterocycles. The molecule has 0 aromatic heterocycles. The standard InChI is InChI=1S/C17H17NO7S/c1-18-26(22,23)15-8-6-14(7-9-15)25-11-10-24-13-4-2-12(3-5-13)16(19)17(20)21/h2-9,18H,10-11H2,1H3,(H,20,21). The normalized spacial score (nSPS) is 11.0. The van der Waals surface area contributed by atoms with Crippen LogP contribution in [-0.4, -0.2) is 45.5 Å². The molecule has 138 valence electrons. The number of carbonyl (C=O) groups is 2. The average molecular weight is 379 g/mol. The maximum atomic E-state index is 11.6. The number of Topliss-reactive ketones (excluding diaryl/α,β-unsaturated/α-hetero) is 1. The van der Waals surface area contributed by atoms with Crippen LogP contribution in [0.25, 0.3) is 0 Å². The lowest BCUT2D eigenvalue weighted by Gasteiger charge is -2.09. The van der Waals surface area contributed by atoms with E-state index in [9.17, 15) is 18.0 Å². The van der Waals surface area contributed by atoms with Crippen LogP contribution in [0.5, 0.6) is 11.5 Å². The lowest BCUT2D eigenvalue weighted by molar-refractivity contribution is -0.131. The van der Waals surface area contributed by atoms with Crippen LogP contribution < -0.4 is 14.2 Å². The quantitative estimate of drug-likeness (QED) is 0.383. The molecule has 0 amide bonds. The van der Waals surface area contributed by atoms with Crippen LogP contribution in [0.2, 0.25) is 0 Å². The monoisotopic (exact) mass is 379 g/mol. The highest BCUT2D eigenvalue weighted by Crippen LogP contribution is 2.16. The minimum Gasteiger partial charge on any atom is -0.490 e. The molecule has 0 atom stereocenters. The second-order valence-electron chi connectivity index (χ2n) is 5.03. The Hall–Kier alpha value is -2.91. The maximum absolute atomic E-state index is 11.6. The van der Waals surface area contributed by atoms with Gasteiger partial charge in [-0.3, -0.25) is 4.79 Å². The Balaban J connectivity index is 1.82. The minimum atomic E-state index is -3.48. The third-order valence-corrected chi connectivity index (χ3v) is 4.76. The summed E-state index contributed by atoms with van der Waals surface area (Å²) in [6.45, 7) is 0.427. The lowest BCUT2D eigenvalue weighted by Crippen LogP contribution is -2.18. The molecule has 0 aliphatic heterocycles. The molecule has 9 heteroatoms. The van der Waals surface area contributed by atoms with Crippen molar-refractivity contribution in [2.24, 2.45) is 0 Å². The Morgan fingerprint density at radius 2 is 1.38 bits per heavy atom. The average Bonchev–Trinajstić information content (AvgIpc) is 2.65. The van der Waals surface area contributed by atoms with Crippen molar-refractivity contribution in [3.8, 4) is 11.5 Å². The van der Waals surface area contributed by atoms with Gasteiger partial charge >= 0.3 is 5.97 Å². The van der Waals surface area contributed by atoms with Crippen LogP contribution in [0.4, 0.5) is 0 Å². The van der Waals surface area contributed by atoms with Gasteiger partial charge in [0.15, 0.2) is 0 Å². The summed E-state index contributed by atoms with van der Waals surface area (Å²) in [6, 6.07) is 11.7. The molecule has 0 unspecified atom stereocenters. The zero-order valence-electron chi connectivity index (χ0n) is 13.8. The zero-order chi connectivity index (χ0) is 19.2. The summed E-state index contributed by atoms with van der Waals surface area (Å²) in [5.74, 6) is -1.54. The highest BCUT2D eigenvalue weighted by atomic mass is 32.2. The van der Waals surface area contributed by atoms with Crippen LogP contribution in [0.15, 0.2) is 53.4 Å². The first-order chi connectivity index (χ1) is 12.3. The third kappa shape index (κ3) is 5.04. The number of carbonyl (C=O) groups excluding carboxylic acids is 1. The summed E-state index contributed by atoms with van der Waals surface area (Å²) < 4.78 is 36.3. The van der Waals surface area contributed by atoms with Crippen LogP contribution in [-0.2, 0) is 14.8 Å². The molecule has 0 aliphatic carbocycles. The van der Waals surface area contributed by atoms with Gasteiger partial charge in [0, 0.05) is 5.56 Å². The van der Waals surface area contributed by atoms with E-state index in [0.29, 0.717) is 11.5 Å². The number of hydrogen-bond donors (Lipinski definition) is 2. The second-order valence-corrected chi connectivity index (χ2v) is 6.92. The molecular weight excluding hydrogens is 362 g/mol. The summed E-state index contributed by atoms with van der Waals surface area (Å²) in [6.07, 6.45) is 0.